The van der Waals surface area contributed by atoms with Crippen LogP contribution in [0.4, 0.5) is 10.1 Å². The van der Waals surface area contributed by atoms with E-state index in [0.29, 0.717) is 17.3 Å². The largest absolute Gasteiger partial charge is 0.369 e. The topological polar surface area (TPSA) is 39.1 Å². The van der Waals surface area contributed by atoms with Gasteiger partial charge in [0.15, 0.2) is 5.82 Å². The Morgan fingerprint density at radius 3 is 2.62 bits per heavy atom. The van der Waals surface area contributed by atoms with Crippen molar-refractivity contribution in [2.24, 2.45) is 5.92 Å². The van der Waals surface area contributed by atoms with Crippen LogP contribution in [0.25, 0.3) is 0 Å². The minimum Gasteiger partial charge on any atom is -0.369 e. The lowest BCUT2D eigenvalue weighted by Gasteiger charge is -2.34. The van der Waals surface area contributed by atoms with Gasteiger partial charge < -0.3 is 10.2 Å². The molecule has 0 unspecified atom stereocenters. The summed E-state index contributed by atoms with van der Waals surface area (Å²) in [4.78, 5) is 2.08. The van der Waals surface area contributed by atoms with E-state index in [0.717, 1.165) is 38.4 Å². The minimum absolute atomic E-state index is 0.275. The van der Waals surface area contributed by atoms with E-state index in [1.165, 1.54) is 12.8 Å². The number of rotatable bonds is 4. The Morgan fingerprint density at radius 1 is 1.29 bits per heavy atom. The first-order valence-electron chi connectivity index (χ1n) is 7.55. The zero-order valence-corrected chi connectivity index (χ0v) is 13.5. The zero-order chi connectivity index (χ0) is 14.8. The summed E-state index contributed by atoms with van der Waals surface area (Å²) >= 11 is 3.18. The first kappa shape index (κ1) is 14.8. The molecule has 2 fully saturated rings. The third-order valence-electron chi connectivity index (χ3n) is 4.41. The van der Waals surface area contributed by atoms with Gasteiger partial charge in [0.2, 0.25) is 0 Å². The minimum atomic E-state index is -0.321. The van der Waals surface area contributed by atoms with Crippen LogP contribution in [0.15, 0.2) is 16.6 Å². The maximum absolute atomic E-state index is 14.3. The van der Waals surface area contributed by atoms with E-state index in [-0.39, 0.29) is 10.3 Å². The van der Waals surface area contributed by atoms with Crippen LogP contribution < -0.4 is 10.2 Å². The number of nitrogens with zero attached hydrogens (tertiary/aromatic N) is 2. The molecule has 1 saturated carbocycles. The van der Waals surface area contributed by atoms with Gasteiger partial charge in [-0.3, -0.25) is 0 Å². The molecule has 1 aliphatic heterocycles. The molecule has 0 radical (unpaired) electrons. The molecule has 21 heavy (non-hydrogen) atoms. The molecule has 112 valence electrons. The lowest BCUT2D eigenvalue weighted by molar-refractivity contribution is 0.406. The average Bonchev–Trinajstić information content (AvgIpc) is 3.33. The number of nitrogens with one attached hydrogen (secondary N) is 1. The summed E-state index contributed by atoms with van der Waals surface area (Å²) < 4.78 is 14.6. The number of nitriles is 1. The van der Waals surface area contributed by atoms with Crippen LogP contribution in [0.2, 0.25) is 0 Å². The van der Waals surface area contributed by atoms with Crippen molar-refractivity contribution >= 4 is 21.6 Å². The van der Waals surface area contributed by atoms with Crippen LogP contribution in [0, 0.1) is 23.1 Å². The summed E-state index contributed by atoms with van der Waals surface area (Å²) in [5.41, 5.74) is 0.943. The molecule has 1 N–H and O–H groups in total. The number of piperidine rings is 1. The van der Waals surface area contributed by atoms with E-state index in [1.807, 2.05) is 6.07 Å². The third-order valence-corrected chi connectivity index (χ3v) is 5.19. The quantitative estimate of drug-likeness (QED) is 0.903. The van der Waals surface area contributed by atoms with Crippen LogP contribution in [0.1, 0.15) is 31.2 Å². The van der Waals surface area contributed by atoms with Crippen LogP contribution in [0.3, 0.4) is 0 Å². The first-order chi connectivity index (χ1) is 10.2. The Labute approximate surface area is 133 Å². The standard InChI is InChI=1S/C16H19BrFN3/c17-15-12(9-19)3-4-14(16(15)18)21-7-5-13(6-8-21)20-10-11-1-2-11/h3-4,11,13,20H,1-2,5-8,10H2. The van der Waals surface area contributed by atoms with Crippen molar-refractivity contribution < 1.29 is 4.39 Å². The molecule has 3 nitrogen and oxygen atoms in total. The Balaban J connectivity index is 1.61. The van der Waals surface area contributed by atoms with E-state index in [2.05, 4.69) is 26.1 Å². The summed E-state index contributed by atoms with van der Waals surface area (Å²) in [6.45, 7) is 2.86. The third kappa shape index (κ3) is 3.38. The molecule has 2 aliphatic rings. The highest BCUT2D eigenvalue weighted by Gasteiger charge is 2.25. The van der Waals surface area contributed by atoms with E-state index in [4.69, 9.17) is 5.26 Å². The predicted molar refractivity (Wildman–Crippen MR) is 84.8 cm³/mol. The Morgan fingerprint density at radius 2 is 2.00 bits per heavy atom. The van der Waals surface area contributed by atoms with Crippen LogP contribution in [-0.4, -0.2) is 25.7 Å². The molecule has 0 amide bonds. The van der Waals surface area contributed by atoms with Crippen molar-refractivity contribution in [1.82, 2.24) is 5.32 Å². The van der Waals surface area contributed by atoms with Gasteiger partial charge in [-0.05, 0) is 66.2 Å². The number of anilines is 1. The van der Waals surface area contributed by atoms with Crippen molar-refractivity contribution in [2.75, 3.05) is 24.5 Å². The second kappa shape index (κ2) is 6.33. The normalized spacial score (nSPS) is 19.6. The SMILES string of the molecule is N#Cc1ccc(N2CCC(NCC3CC3)CC2)c(F)c1Br. The van der Waals surface area contributed by atoms with E-state index in [9.17, 15) is 4.39 Å². The van der Waals surface area contributed by atoms with Gasteiger partial charge in [0.1, 0.15) is 6.07 Å². The van der Waals surface area contributed by atoms with Gasteiger partial charge in [-0.15, -0.1) is 0 Å². The van der Waals surface area contributed by atoms with Crippen molar-refractivity contribution in [1.29, 1.82) is 5.26 Å². The van der Waals surface area contributed by atoms with Crippen LogP contribution in [-0.2, 0) is 0 Å². The maximum Gasteiger partial charge on any atom is 0.161 e. The molecule has 0 aromatic heterocycles. The molecule has 0 atom stereocenters. The van der Waals surface area contributed by atoms with E-state index < -0.39 is 0 Å². The van der Waals surface area contributed by atoms with Crippen LogP contribution in [0.5, 0.6) is 0 Å². The lowest BCUT2D eigenvalue weighted by atomic mass is 10.0. The fraction of sp³-hybridized carbons (Fsp3) is 0.562. The molecule has 1 aliphatic carbocycles. The highest BCUT2D eigenvalue weighted by Crippen LogP contribution is 2.31. The van der Waals surface area contributed by atoms with E-state index in [1.54, 1.807) is 12.1 Å². The van der Waals surface area contributed by atoms with Crippen molar-refractivity contribution in [2.45, 2.75) is 31.7 Å². The van der Waals surface area contributed by atoms with Crippen LogP contribution >= 0.6 is 15.9 Å². The fourth-order valence-electron chi connectivity index (χ4n) is 2.85. The maximum atomic E-state index is 14.3. The first-order valence-corrected chi connectivity index (χ1v) is 8.34. The van der Waals surface area contributed by atoms with E-state index >= 15 is 0 Å². The second-order valence-electron chi connectivity index (χ2n) is 5.98. The Kier molecular flexibility index (Phi) is 4.46. The molecular weight excluding hydrogens is 333 g/mol. The van der Waals surface area contributed by atoms with Gasteiger partial charge in [0.05, 0.1) is 15.7 Å². The van der Waals surface area contributed by atoms with Crippen molar-refractivity contribution in [3.63, 3.8) is 0 Å². The molecule has 1 saturated heterocycles. The average molecular weight is 352 g/mol. The van der Waals surface area contributed by atoms with Gasteiger partial charge in [-0.25, -0.2) is 4.39 Å². The highest BCUT2D eigenvalue weighted by atomic mass is 79.9. The number of hydrogen-bond acceptors (Lipinski definition) is 3. The van der Waals surface area contributed by atoms with Gasteiger partial charge in [0.25, 0.3) is 0 Å². The fourth-order valence-corrected chi connectivity index (χ4v) is 3.27. The summed E-state index contributed by atoms with van der Waals surface area (Å²) in [7, 11) is 0. The number of halogens is 2. The highest BCUT2D eigenvalue weighted by molar-refractivity contribution is 9.10. The van der Waals surface area contributed by atoms with Gasteiger partial charge in [-0.2, -0.15) is 5.26 Å². The lowest BCUT2D eigenvalue weighted by Crippen LogP contribution is -2.43. The zero-order valence-electron chi connectivity index (χ0n) is 11.9. The van der Waals surface area contributed by atoms with Crippen molar-refractivity contribution in [3.05, 3.63) is 28.0 Å². The monoisotopic (exact) mass is 351 g/mol. The Bertz CT molecular complexity index is 557. The smallest absolute Gasteiger partial charge is 0.161 e. The molecular formula is C16H19BrFN3. The molecule has 1 heterocycles. The molecule has 0 spiro atoms. The molecule has 0 bridgehead atoms. The number of benzene rings is 1. The second-order valence-corrected chi connectivity index (χ2v) is 6.78. The summed E-state index contributed by atoms with van der Waals surface area (Å²) in [6, 6.07) is 5.95. The molecule has 1 aromatic carbocycles. The van der Waals surface area contributed by atoms with Gasteiger partial charge >= 0.3 is 0 Å². The Hall–Kier alpha value is -1.12. The summed E-state index contributed by atoms with van der Waals surface area (Å²) in [6.07, 6.45) is 4.83. The molecule has 5 heteroatoms. The summed E-state index contributed by atoms with van der Waals surface area (Å²) in [5.74, 6) is 0.577. The molecule has 1 aromatic rings. The van der Waals surface area contributed by atoms with Gasteiger partial charge in [-0.1, -0.05) is 0 Å². The van der Waals surface area contributed by atoms with Crippen molar-refractivity contribution in [3.8, 4) is 6.07 Å². The van der Waals surface area contributed by atoms with Gasteiger partial charge in [0, 0.05) is 19.1 Å². The number of hydrogen-bond donors (Lipinski definition) is 1. The predicted octanol–water partition coefficient (Wildman–Crippen LogP) is 3.43. The molecule has 3 rings (SSSR count). The summed E-state index contributed by atoms with van der Waals surface area (Å²) in [5, 5.41) is 12.5.